The van der Waals surface area contributed by atoms with Crippen LogP contribution in [0.15, 0.2) is 75.7 Å². The number of thiophene rings is 1. The molecule has 14 heteroatoms. The third kappa shape index (κ3) is 5.14. The highest BCUT2D eigenvalue weighted by Gasteiger charge is 2.63. The number of nitrogens with zero attached hydrogens (tertiary/aromatic N) is 2. The summed E-state index contributed by atoms with van der Waals surface area (Å²) in [6, 6.07) is 13.9. The van der Waals surface area contributed by atoms with E-state index in [0.717, 1.165) is 11.3 Å². The monoisotopic (exact) mass is 564 g/mol. The Morgan fingerprint density at radius 1 is 1.18 bits per heavy atom. The van der Waals surface area contributed by atoms with Gasteiger partial charge in [-0.3, -0.25) is 9.78 Å². The van der Waals surface area contributed by atoms with Gasteiger partial charge in [-0.1, -0.05) is 23.4 Å². The summed E-state index contributed by atoms with van der Waals surface area (Å²) in [7, 11) is -4.32. The minimum atomic E-state index is -4.74. The maximum Gasteiger partial charge on any atom is 0.452 e. The molecule has 1 aromatic carbocycles. The lowest BCUT2D eigenvalue weighted by Gasteiger charge is -2.15. The Kier molecular flexibility index (Phi) is 6.49. The van der Waals surface area contributed by atoms with Gasteiger partial charge in [-0.2, -0.15) is 17.9 Å². The minimum Gasteiger partial charge on any atom is -0.480 e. The van der Waals surface area contributed by atoms with Crippen LogP contribution in [0.25, 0.3) is 10.6 Å². The summed E-state index contributed by atoms with van der Waals surface area (Å²) in [5.74, 6) is -3.27. The topological polar surface area (TPSA) is 134 Å². The smallest absolute Gasteiger partial charge is 0.452 e. The number of sulfonamides is 1. The van der Waals surface area contributed by atoms with Crippen LogP contribution in [0.2, 0.25) is 0 Å². The van der Waals surface area contributed by atoms with Crippen LogP contribution in [0.3, 0.4) is 0 Å². The van der Waals surface area contributed by atoms with E-state index < -0.39 is 39.4 Å². The van der Waals surface area contributed by atoms with E-state index in [1.807, 2.05) is 18.2 Å². The molecular weight excluding hydrogens is 545 g/mol. The van der Waals surface area contributed by atoms with Gasteiger partial charge < -0.3 is 14.9 Å². The lowest BCUT2D eigenvalue weighted by molar-refractivity contribution is -0.155. The number of aliphatic carboxylic acids is 1. The van der Waals surface area contributed by atoms with Crippen LogP contribution in [0.4, 0.5) is 18.9 Å². The number of benzene rings is 1. The van der Waals surface area contributed by atoms with Gasteiger partial charge in [-0.05, 0) is 47.9 Å². The number of rotatable bonds is 9. The first-order valence-corrected chi connectivity index (χ1v) is 13.4. The Morgan fingerprint density at radius 2 is 2.00 bits per heavy atom. The molecule has 0 amide bonds. The van der Waals surface area contributed by atoms with Crippen LogP contribution < -0.4 is 10.0 Å². The number of nitrogens with one attached hydrogen (secondary N) is 2. The quantitative estimate of drug-likeness (QED) is 0.266. The standard InChI is InChI=1S/C24H19F3N4O5S2/c25-24(26,27)20-10-18(30-36-20)19-6-7-21(37-19)38(34,35)31-23(22(32)33)11-17(23)15-4-1-5-16(9-15)29-13-14-3-2-8-28-12-14/h1-10,12,17,29,31H,11,13H2,(H,32,33). The molecule has 1 fully saturated rings. The first kappa shape index (κ1) is 25.9. The van der Waals surface area contributed by atoms with Gasteiger partial charge >= 0.3 is 12.1 Å². The molecule has 1 saturated carbocycles. The predicted octanol–water partition coefficient (Wildman–Crippen LogP) is 4.72. The zero-order valence-electron chi connectivity index (χ0n) is 19.3. The molecule has 3 aromatic heterocycles. The number of hydrogen-bond acceptors (Lipinski definition) is 8. The molecule has 2 atom stereocenters. The molecule has 0 spiro atoms. The molecule has 1 aliphatic carbocycles. The fraction of sp³-hybridized carbons (Fsp3) is 0.208. The number of aromatic nitrogens is 2. The van der Waals surface area contributed by atoms with E-state index in [4.69, 9.17) is 0 Å². The van der Waals surface area contributed by atoms with Gasteiger partial charge in [0, 0.05) is 36.6 Å². The summed E-state index contributed by atoms with van der Waals surface area (Å²) in [5, 5.41) is 16.5. The SMILES string of the molecule is O=C(O)C1(NS(=O)(=O)c2ccc(-c3cc(C(F)(F)F)on3)s2)CC1c1cccc(NCc2cccnc2)c1. The van der Waals surface area contributed by atoms with E-state index in [2.05, 4.69) is 24.7 Å². The highest BCUT2D eigenvalue weighted by molar-refractivity contribution is 7.91. The van der Waals surface area contributed by atoms with Crippen LogP contribution in [0.5, 0.6) is 0 Å². The van der Waals surface area contributed by atoms with Crippen LogP contribution in [0, 0.1) is 0 Å². The molecule has 0 bridgehead atoms. The second-order valence-electron chi connectivity index (χ2n) is 8.67. The molecule has 3 heterocycles. The fourth-order valence-electron chi connectivity index (χ4n) is 4.05. The number of carboxylic acids is 1. The van der Waals surface area contributed by atoms with Crippen molar-refractivity contribution < 1.29 is 36.0 Å². The average molecular weight is 565 g/mol. The molecule has 0 saturated heterocycles. The van der Waals surface area contributed by atoms with Gasteiger partial charge in [-0.25, -0.2) is 8.42 Å². The maximum atomic E-state index is 13.1. The Bertz CT molecular complexity index is 1590. The van der Waals surface area contributed by atoms with Crippen LogP contribution in [0.1, 0.15) is 29.2 Å². The number of carbonyl (C=O) groups is 1. The normalized spacial score (nSPS) is 19.3. The molecule has 5 rings (SSSR count). The second kappa shape index (κ2) is 9.53. The fourth-order valence-corrected chi connectivity index (χ4v) is 6.71. The second-order valence-corrected chi connectivity index (χ2v) is 11.7. The van der Waals surface area contributed by atoms with Crippen LogP contribution in [-0.4, -0.2) is 35.2 Å². The summed E-state index contributed by atoms with van der Waals surface area (Å²) in [4.78, 5) is 16.4. The number of alkyl halides is 3. The van der Waals surface area contributed by atoms with Gasteiger partial charge in [0.1, 0.15) is 15.4 Å². The van der Waals surface area contributed by atoms with Gasteiger partial charge in [0.25, 0.3) is 10.0 Å². The number of anilines is 1. The van der Waals surface area contributed by atoms with Crippen molar-refractivity contribution in [2.24, 2.45) is 0 Å². The number of hydrogen-bond donors (Lipinski definition) is 3. The van der Waals surface area contributed by atoms with Gasteiger partial charge in [-0.15, -0.1) is 11.3 Å². The summed E-state index contributed by atoms with van der Waals surface area (Å²) >= 11 is 0.653. The Morgan fingerprint density at radius 3 is 2.68 bits per heavy atom. The maximum absolute atomic E-state index is 13.1. The molecule has 198 valence electrons. The molecule has 0 radical (unpaired) electrons. The van der Waals surface area contributed by atoms with E-state index in [1.165, 1.54) is 12.1 Å². The molecule has 9 nitrogen and oxygen atoms in total. The van der Waals surface area contributed by atoms with Gasteiger partial charge in [0.15, 0.2) is 0 Å². The molecular formula is C24H19F3N4O5S2. The molecule has 3 N–H and O–H groups in total. The Labute approximate surface area is 218 Å². The lowest BCUT2D eigenvalue weighted by atomic mass is 10.1. The van der Waals surface area contributed by atoms with E-state index >= 15 is 0 Å². The van der Waals surface area contributed by atoms with Crippen molar-refractivity contribution in [3.63, 3.8) is 0 Å². The molecule has 4 aromatic rings. The summed E-state index contributed by atoms with van der Waals surface area (Å²) in [6.07, 6.45) is -1.32. The largest absolute Gasteiger partial charge is 0.480 e. The first-order valence-electron chi connectivity index (χ1n) is 11.1. The first-order chi connectivity index (χ1) is 18.0. The summed E-state index contributed by atoms with van der Waals surface area (Å²) < 4.78 is 71.0. The third-order valence-corrected chi connectivity index (χ3v) is 9.17. The highest BCUT2D eigenvalue weighted by Crippen LogP contribution is 2.53. The van der Waals surface area contributed by atoms with Crippen molar-refractivity contribution in [3.8, 4) is 10.6 Å². The van der Waals surface area contributed by atoms with Crippen molar-refractivity contribution in [1.82, 2.24) is 14.9 Å². The van der Waals surface area contributed by atoms with E-state index in [1.54, 1.807) is 30.6 Å². The van der Waals surface area contributed by atoms with E-state index in [9.17, 15) is 31.5 Å². The molecule has 2 unspecified atom stereocenters. The lowest BCUT2D eigenvalue weighted by Crippen LogP contribution is -2.44. The van der Waals surface area contributed by atoms with Crippen molar-refractivity contribution in [3.05, 3.63) is 83.9 Å². The summed E-state index contributed by atoms with van der Waals surface area (Å²) in [5.41, 5.74) is 0.376. The van der Waals surface area contributed by atoms with E-state index in [-0.39, 0.29) is 21.2 Å². The minimum absolute atomic E-state index is 0.0318. The zero-order chi connectivity index (χ0) is 27.1. The van der Waals surface area contributed by atoms with Gasteiger partial charge in [0.2, 0.25) is 5.76 Å². The molecule has 0 aliphatic heterocycles. The number of carboxylic acid groups (broad SMARTS) is 1. The summed E-state index contributed by atoms with van der Waals surface area (Å²) in [6.45, 7) is 0.495. The number of halogens is 3. The van der Waals surface area contributed by atoms with E-state index in [0.29, 0.717) is 29.5 Å². The molecule has 38 heavy (non-hydrogen) atoms. The Hall–Kier alpha value is -3.75. The third-order valence-electron chi connectivity index (χ3n) is 6.06. The predicted molar refractivity (Wildman–Crippen MR) is 131 cm³/mol. The van der Waals surface area contributed by atoms with Crippen molar-refractivity contribution in [1.29, 1.82) is 0 Å². The number of pyridine rings is 1. The van der Waals surface area contributed by atoms with Crippen molar-refractivity contribution >= 4 is 33.0 Å². The zero-order valence-corrected chi connectivity index (χ0v) is 20.9. The average Bonchev–Trinajstić information content (AvgIpc) is 3.22. The van der Waals surface area contributed by atoms with Crippen LogP contribution >= 0.6 is 11.3 Å². The van der Waals surface area contributed by atoms with Crippen molar-refractivity contribution in [2.75, 3.05) is 5.32 Å². The Balaban J connectivity index is 1.33. The van der Waals surface area contributed by atoms with Crippen LogP contribution in [-0.2, 0) is 27.5 Å². The van der Waals surface area contributed by atoms with Gasteiger partial charge in [0.05, 0.1) is 4.88 Å². The van der Waals surface area contributed by atoms with Crippen molar-refractivity contribution in [2.45, 2.75) is 34.8 Å². The molecule has 1 aliphatic rings. The highest BCUT2D eigenvalue weighted by atomic mass is 32.2.